The molecule has 86 valence electrons. The van der Waals surface area contributed by atoms with E-state index in [1.807, 2.05) is 52.1 Å². The summed E-state index contributed by atoms with van der Waals surface area (Å²) in [5, 5.41) is 14.8. The smallest absolute Gasteiger partial charge is 0.414 e. The number of carbonyl (C=O) groups is 2. The molecule has 0 fully saturated rings. The number of rotatable bonds is 0. The van der Waals surface area contributed by atoms with Crippen molar-refractivity contribution in [1.29, 1.82) is 0 Å². The zero-order valence-electron chi connectivity index (χ0n) is 9.61. The second kappa shape index (κ2) is 11.9. The van der Waals surface area contributed by atoms with Gasteiger partial charge in [-0.3, -0.25) is 0 Å². The van der Waals surface area contributed by atoms with Gasteiger partial charge >= 0.3 is 11.9 Å². The molecule has 6 nitrogen and oxygen atoms in total. The van der Waals surface area contributed by atoms with E-state index in [0.29, 0.717) is 0 Å². The van der Waals surface area contributed by atoms with Gasteiger partial charge in [-0.15, -0.1) is 0 Å². The van der Waals surface area contributed by atoms with Gasteiger partial charge in [-0.1, -0.05) is 0 Å². The van der Waals surface area contributed by atoms with Gasteiger partial charge in [0.05, 0.1) is 0 Å². The van der Waals surface area contributed by atoms with Gasteiger partial charge in [0.1, 0.15) is 0 Å². The Balaban J connectivity index is -0.000000135. The lowest BCUT2D eigenvalue weighted by molar-refractivity contribution is -0.159. The fourth-order valence-electron chi connectivity index (χ4n) is 0. The Kier molecular flexibility index (Phi) is 15.8. The molecule has 0 rings (SSSR count). The van der Waals surface area contributed by atoms with Gasteiger partial charge in [0.25, 0.3) is 0 Å². The molecule has 0 bridgehead atoms. The fourth-order valence-corrected chi connectivity index (χ4v) is 0. The van der Waals surface area contributed by atoms with Crippen molar-refractivity contribution >= 4 is 11.9 Å². The maximum atomic E-state index is 9.10. The molecular weight excluding hydrogens is 188 g/mol. The van der Waals surface area contributed by atoms with Crippen LogP contribution in [0.15, 0.2) is 0 Å². The van der Waals surface area contributed by atoms with Crippen LogP contribution in [0, 0.1) is 0 Å². The molecule has 0 heterocycles. The van der Waals surface area contributed by atoms with Crippen molar-refractivity contribution in [3.8, 4) is 0 Å². The van der Waals surface area contributed by atoms with Crippen molar-refractivity contribution in [2.45, 2.75) is 0 Å². The Bertz CT molecular complexity index is 134. The van der Waals surface area contributed by atoms with E-state index < -0.39 is 11.9 Å². The van der Waals surface area contributed by atoms with Crippen LogP contribution >= 0.6 is 0 Å². The zero-order valence-corrected chi connectivity index (χ0v) is 9.61. The predicted octanol–water partition coefficient (Wildman–Crippen LogP) is -0.489. The van der Waals surface area contributed by atoms with Crippen LogP contribution in [0.5, 0.6) is 0 Å². The lowest BCUT2D eigenvalue weighted by atomic mass is 10.7. The molecule has 14 heavy (non-hydrogen) atoms. The van der Waals surface area contributed by atoms with Crippen LogP contribution in [0.3, 0.4) is 0 Å². The first kappa shape index (κ1) is 18.6. The van der Waals surface area contributed by atoms with E-state index in [2.05, 4.69) is 0 Å². The van der Waals surface area contributed by atoms with Gasteiger partial charge in [0.15, 0.2) is 0 Å². The summed E-state index contributed by atoms with van der Waals surface area (Å²) in [6.07, 6.45) is 0. The van der Waals surface area contributed by atoms with Crippen molar-refractivity contribution in [1.82, 2.24) is 9.80 Å². The third-order valence-electron chi connectivity index (χ3n) is 0.183. The first-order chi connectivity index (χ1) is 6.11. The molecule has 0 aliphatic heterocycles. The summed E-state index contributed by atoms with van der Waals surface area (Å²) < 4.78 is 0. The quantitative estimate of drug-likeness (QED) is 0.523. The molecule has 0 aromatic rings. The van der Waals surface area contributed by atoms with E-state index in [-0.39, 0.29) is 0 Å². The largest absolute Gasteiger partial charge is 0.473 e. The molecule has 0 aromatic carbocycles. The molecule has 0 aliphatic carbocycles. The Morgan fingerprint density at radius 3 is 0.786 bits per heavy atom. The number of carboxylic acid groups (broad SMARTS) is 2. The van der Waals surface area contributed by atoms with Crippen molar-refractivity contribution < 1.29 is 19.8 Å². The van der Waals surface area contributed by atoms with Crippen LogP contribution in [0.25, 0.3) is 0 Å². The van der Waals surface area contributed by atoms with Crippen LogP contribution in [-0.2, 0) is 9.59 Å². The minimum atomic E-state index is -1.82. The first-order valence-corrected chi connectivity index (χ1v) is 3.79. The highest BCUT2D eigenvalue weighted by atomic mass is 16.4. The monoisotopic (exact) mass is 208 g/mol. The topological polar surface area (TPSA) is 81.1 Å². The normalized spacial score (nSPS) is 8.29. The Hall–Kier alpha value is -1.14. The minimum Gasteiger partial charge on any atom is -0.473 e. The average Bonchev–Trinajstić information content (AvgIpc) is 1.83. The van der Waals surface area contributed by atoms with E-state index in [1.165, 1.54) is 0 Å². The second-order valence-electron chi connectivity index (χ2n) is 3.29. The molecule has 0 amide bonds. The Morgan fingerprint density at radius 1 is 0.714 bits per heavy atom. The van der Waals surface area contributed by atoms with E-state index >= 15 is 0 Å². The lowest BCUT2D eigenvalue weighted by Gasteiger charge is -1.90. The molecule has 6 heteroatoms. The van der Waals surface area contributed by atoms with Gasteiger partial charge in [0, 0.05) is 0 Å². The summed E-state index contributed by atoms with van der Waals surface area (Å²) in [5.74, 6) is -3.65. The number of carboxylic acids is 2. The molecule has 0 aliphatic rings. The maximum absolute atomic E-state index is 9.10. The highest BCUT2D eigenvalue weighted by Crippen LogP contribution is 1.56. The van der Waals surface area contributed by atoms with Crippen LogP contribution < -0.4 is 0 Å². The number of nitrogens with zero attached hydrogens (tertiary/aromatic N) is 2. The van der Waals surface area contributed by atoms with E-state index in [9.17, 15) is 0 Å². The summed E-state index contributed by atoms with van der Waals surface area (Å²) in [6, 6.07) is 0. The Morgan fingerprint density at radius 2 is 0.786 bits per heavy atom. The molecule has 0 aromatic heterocycles. The highest BCUT2D eigenvalue weighted by molar-refractivity contribution is 6.27. The summed E-state index contributed by atoms with van der Waals surface area (Å²) in [5.41, 5.74) is 0. The number of hydrogen-bond acceptors (Lipinski definition) is 4. The third kappa shape index (κ3) is 129. The standard InChI is InChI=1S/2C3H9N.C2H2O4/c2*1-4(2)3;3-1(4)2(5)6/h2*1-3H3;(H,3,4)(H,5,6). The van der Waals surface area contributed by atoms with Gasteiger partial charge in [-0.2, -0.15) is 0 Å². The molecule has 0 atom stereocenters. The predicted molar refractivity (Wildman–Crippen MR) is 54.5 cm³/mol. The lowest BCUT2D eigenvalue weighted by Crippen LogP contribution is -2.09. The minimum absolute atomic E-state index is 1.82. The van der Waals surface area contributed by atoms with E-state index in [1.54, 1.807) is 0 Å². The van der Waals surface area contributed by atoms with Crippen molar-refractivity contribution in [2.75, 3.05) is 42.3 Å². The van der Waals surface area contributed by atoms with Gasteiger partial charge in [-0.25, -0.2) is 9.59 Å². The number of hydrogen-bond donors (Lipinski definition) is 2. The molecule has 0 radical (unpaired) electrons. The van der Waals surface area contributed by atoms with E-state index in [0.717, 1.165) is 0 Å². The molecule has 0 unspecified atom stereocenters. The van der Waals surface area contributed by atoms with Crippen LogP contribution in [0.4, 0.5) is 0 Å². The van der Waals surface area contributed by atoms with E-state index in [4.69, 9.17) is 19.8 Å². The molecule has 0 spiro atoms. The average molecular weight is 208 g/mol. The van der Waals surface area contributed by atoms with Gasteiger partial charge in [-0.05, 0) is 42.3 Å². The molecular formula is C8H20N2O4. The van der Waals surface area contributed by atoms with Crippen LogP contribution in [0.1, 0.15) is 0 Å². The SMILES string of the molecule is CN(C)C.CN(C)C.O=C(O)C(=O)O. The first-order valence-electron chi connectivity index (χ1n) is 3.79. The van der Waals surface area contributed by atoms with Gasteiger partial charge < -0.3 is 20.0 Å². The summed E-state index contributed by atoms with van der Waals surface area (Å²) in [7, 11) is 12.0. The third-order valence-corrected chi connectivity index (χ3v) is 0.183. The summed E-state index contributed by atoms with van der Waals surface area (Å²) >= 11 is 0. The summed E-state index contributed by atoms with van der Waals surface area (Å²) in [4.78, 5) is 22.2. The van der Waals surface area contributed by atoms with Crippen molar-refractivity contribution in [2.24, 2.45) is 0 Å². The molecule has 0 saturated heterocycles. The van der Waals surface area contributed by atoms with Gasteiger partial charge in [0.2, 0.25) is 0 Å². The molecule has 2 N–H and O–H groups in total. The second-order valence-corrected chi connectivity index (χ2v) is 3.29. The Labute approximate surface area is 84.7 Å². The summed E-state index contributed by atoms with van der Waals surface area (Å²) in [6.45, 7) is 0. The number of aliphatic carboxylic acids is 2. The van der Waals surface area contributed by atoms with Crippen molar-refractivity contribution in [3.63, 3.8) is 0 Å². The zero-order chi connectivity index (χ0) is 12.3. The van der Waals surface area contributed by atoms with Crippen molar-refractivity contribution in [3.05, 3.63) is 0 Å². The molecule has 0 saturated carbocycles. The highest BCUT2D eigenvalue weighted by Gasteiger charge is 2.04. The maximum Gasteiger partial charge on any atom is 0.414 e. The fraction of sp³-hybridized carbons (Fsp3) is 0.750. The van der Waals surface area contributed by atoms with Crippen LogP contribution in [0.2, 0.25) is 0 Å². The van der Waals surface area contributed by atoms with Crippen LogP contribution in [-0.4, -0.2) is 74.2 Å².